The van der Waals surface area contributed by atoms with E-state index in [1.54, 1.807) is 19.1 Å². The fraction of sp³-hybridized carbons (Fsp3) is 0.154. The molecule has 0 fully saturated rings. The highest BCUT2D eigenvalue weighted by Crippen LogP contribution is 2.28. The van der Waals surface area contributed by atoms with Gasteiger partial charge in [-0.1, -0.05) is 23.2 Å². The molecule has 0 aliphatic carbocycles. The lowest BCUT2D eigenvalue weighted by atomic mass is 10.3. The fourth-order valence-corrected chi connectivity index (χ4v) is 2.91. The van der Waals surface area contributed by atoms with Gasteiger partial charge in [0.25, 0.3) is 0 Å². The Hall–Kier alpha value is -2.23. The first-order valence-electron chi connectivity index (χ1n) is 6.64. The van der Waals surface area contributed by atoms with E-state index >= 15 is 0 Å². The number of nitrogens with zero attached hydrogens (tertiary/aromatic N) is 5. The minimum atomic E-state index is -0.515. The number of amides is 1. The van der Waals surface area contributed by atoms with E-state index in [0.29, 0.717) is 15.6 Å². The molecule has 0 saturated heterocycles. The summed E-state index contributed by atoms with van der Waals surface area (Å²) in [6, 6.07) is 3.51. The van der Waals surface area contributed by atoms with Gasteiger partial charge < -0.3 is 5.32 Å². The standard InChI is InChI=1S/C13H10Cl2N6O2S/c1-7-8(14)5-16-12(11(7)15)17-9(22)6-20-13(23)21(19-18-20)10-3-2-4-24-10/h2-5H,6H2,1H3,(H,16,17,22). The average molecular weight is 385 g/mol. The number of carbonyl (C=O) groups is 1. The molecule has 8 nitrogen and oxygen atoms in total. The Bertz CT molecular complexity index is 950. The SMILES string of the molecule is Cc1c(Cl)cnc(NC(=O)Cn2nnn(-c3cccs3)c2=O)c1Cl. The third-order valence-electron chi connectivity index (χ3n) is 3.11. The van der Waals surface area contributed by atoms with Gasteiger partial charge in [-0.05, 0) is 40.4 Å². The van der Waals surface area contributed by atoms with Gasteiger partial charge in [-0.3, -0.25) is 4.79 Å². The quantitative estimate of drug-likeness (QED) is 0.743. The molecule has 0 bridgehead atoms. The van der Waals surface area contributed by atoms with Crippen molar-refractivity contribution in [1.82, 2.24) is 24.8 Å². The molecule has 1 amide bonds. The Kier molecular flexibility index (Phi) is 4.65. The highest BCUT2D eigenvalue weighted by Gasteiger charge is 2.15. The number of aromatic nitrogens is 5. The van der Waals surface area contributed by atoms with Crippen molar-refractivity contribution < 1.29 is 4.79 Å². The van der Waals surface area contributed by atoms with Crippen molar-refractivity contribution >= 4 is 46.3 Å². The van der Waals surface area contributed by atoms with Crippen LogP contribution in [0.5, 0.6) is 0 Å². The summed E-state index contributed by atoms with van der Waals surface area (Å²) < 4.78 is 2.07. The average Bonchev–Trinajstić information content (AvgIpc) is 3.19. The molecule has 3 heterocycles. The van der Waals surface area contributed by atoms with Crippen LogP contribution < -0.4 is 11.0 Å². The second kappa shape index (κ2) is 6.71. The molecule has 3 aromatic rings. The maximum absolute atomic E-state index is 12.2. The largest absolute Gasteiger partial charge is 0.369 e. The summed E-state index contributed by atoms with van der Waals surface area (Å²) in [5.74, 6) is -0.339. The molecule has 0 radical (unpaired) electrons. The molecule has 3 aromatic heterocycles. The maximum Gasteiger partial charge on any atom is 0.369 e. The second-order valence-electron chi connectivity index (χ2n) is 4.72. The van der Waals surface area contributed by atoms with E-state index in [2.05, 4.69) is 20.7 Å². The highest BCUT2D eigenvalue weighted by molar-refractivity contribution is 7.12. The van der Waals surface area contributed by atoms with Crippen molar-refractivity contribution in [2.75, 3.05) is 5.32 Å². The molecule has 11 heteroatoms. The van der Waals surface area contributed by atoms with Crippen LogP contribution in [-0.2, 0) is 11.3 Å². The second-order valence-corrected chi connectivity index (χ2v) is 6.44. The van der Waals surface area contributed by atoms with Gasteiger partial charge in [-0.25, -0.2) is 9.78 Å². The topological polar surface area (TPSA) is 94.7 Å². The van der Waals surface area contributed by atoms with Crippen LogP contribution in [-0.4, -0.2) is 30.7 Å². The van der Waals surface area contributed by atoms with Gasteiger partial charge in [-0.2, -0.15) is 9.36 Å². The van der Waals surface area contributed by atoms with Gasteiger partial charge in [0.05, 0.1) is 10.0 Å². The molecular formula is C13H10Cl2N6O2S. The molecule has 0 aliphatic rings. The lowest BCUT2D eigenvalue weighted by molar-refractivity contribution is -0.117. The molecule has 0 atom stereocenters. The van der Waals surface area contributed by atoms with Crippen LogP contribution in [0.2, 0.25) is 10.0 Å². The zero-order chi connectivity index (χ0) is 17.3. The van der Waals surface area contributed by atoms with Crippen LogP contribution in [0.4, 0.5) is 5.82 Å². The molecule has 124 valence electrons. The zero-order valence-corrected chi connectivity index (χ0v) is 14.6. The number of anilines is 1. The fourth-order valence-electron chi connectivity index (χ4n) is 1.85. The normalized spacial score (nSPS) is 10.8. The van der Waals surface area contributed by atoms with Gasteiger partial charge in [0.15, 0.2) is 5.82 Å². The van der Waals surface area contributed by atoms with E-state index in [-0.39, 0.29) is 17.4 Å². The number of hydrogen-bond acceptors (Lipinski definition) is 6. The number of carbonyl (C=O) groups excluding carboxylic acids is 1. The summed E-state index contributed by atoms with van der Waals surface area (Å²) in [6.07, 6.45) is 1.39. The monoisotopic (exact) mass is 384 g/mol. The number of rotatable bonds is 4. The van der Waals surface area contributed by atoms with E-state index in [4.69, 9.17) is 23.2 Å². The Morgan fingerprint density at radius 2 is 2.17 bits per heavy atom. The Balaban J connectivity index is 1.77. The van der Waals surface area contributed by atoms with Crippen molar-refractivity contribution in [2.24, 2.45) is 0 Å². The first-order chi connectivity index (χ1) is 11.5. The van der Waals surface area contributed by atoms with Crippen LogP contribution in [0.15, 0.2) is 28.5 Å². The molecule has 3 rings (SSSR count). The van der Waals surface area contributed by atoms with Crippen LogP contribution in [0.3, 0.4) is 0 Å². The first kappa shape index (κ1) is 16.6. The molecule has 0 aliphatic heterocycles. The number of tetrazole rings is 1. The number of pyridine rings is 1. The smallest absolute Gasteiger partial charge is 0.308 e. The van der Waals surface area contributed by atoms with E-state index in [1.165, 1.54) is 17.5 Å². The number of hydrogen-bond donors (Lipinski definition) is 1. The van der Waals surface area contributed by atoms with Crippen molar-refractivity contribution in [2.45, 2.75) is 13.5 Å². The minimum Gasteiger partial charge on any atom is -0.308 e. The maximum atomic E-state index is 12.2. The van der Waals surface area contributed by atoms with Crippen molar-refractivity contribution in [3.05, 3.63) is 49.8 Å². The molecular weight excluding hydrogens is 375 g/mol. The summed E-state index contributed by atoms with van der Waals surface area (Å²) in [7, 11) is 0. The number of halogens is 2. The van der Waals surface area contributed by atoms with Crippen molar-refractivity contribution in [1.29, 1.82) is 0 Å². The van der Waals surface area contributed by atoms with Gasteiger partial charge in [0, 0.05) is 6.20 Å². The lowest BCUT2D eigenvalue weighted by Crippen LogP contribution is -2.29. The zero-order valence-electron chi connectivity index (χ0n) is 12.2. The number of thiophene rings is 1. The van der Waals surface area contributed by atoms with Gasteiger partial charge >= 0.3 is 5.69 Å². The minimum absolute atomic E-state index is 0.169. The van der Waals surface area contributed by atoms with Crippen molar-refractivity contribution in [3.8, 4) is 5.00 Å². The van der Waals surface area contributed by atoms with Gasteiger partial charge in [0.2, 0.25) is 5.91 Å². The van der Waals surface area contributed by atoms with Crippen LogP contribution >= 0.6 is 34.5 Å². The molecule has 0 aromatic carbocycles. The van der Waals surface area contributed by atoms with Crippen LogP contribution in [0.1, 0.15) is 5.56 Å². The van der Waals surface area contributed by atoms with Crippen molar-refractivity contribution in [3.63, 3.8) is 0 Å². The Labute approximate surface area is 149 Å². The summed E-state index contributed by atoms with van der Waals surface area (Å²) in [4.78, 5) is 28.3. The summed E-state index contributed by atoms with van der Waals surface area (Å²) in [6.45, 7) is 1.39. The third-order valence-corrected chi connectivity index (χ3v) is 4.80. The summed E-state index contributed by atoms with van der Waals surface area (Å²) >= 11 is 13.3. The predicted molar refractivity (Wildman–Crippen MR) is 91.1 cm³/mol. The van der Waals surface area contributed by atoms with Crippen LogP contribution in [0, 0.1) is 6.92 Å². The molecule has 0 saturated carbocycles. The van der Waals surface area contributed by atoms with Crippen LogP contribution in [0.25, 0.3) is 5.00 Å². The number of nitrogens with one attached hydrogen (secondary N) is 1. The molecule has 0 unspecified atom stereocenters. The van der Waals surface area contributed by atoms with Gasteiger partial charge in [-0.15, -0.1) is 11.3 Å². The van der Waals surface area contributed by atoms with E-state index in [9.17, 15) is 9.59 Å². The first-order valence-corrected chi connectivity index (χ1v) is 8.28. The Morgan fingerprint density at radius 1 is 1.38 bits per heavy atom. The van der Waals surface area contributed by atoms with Gasteiger partial charge in [0.1, 0.15) is 11.5 Å². The molecule has 0 spiro atoms. The third kappa shape index (κ3) is 3.18. The van der Waals surface area contributed by atoms with E-state index < -0.39 is 11.6 Å². The lowest BCUT2D eigenvalue weighted by Gasteiger charge is -2.08. The van der Waals surface area contributed by atoms with E-state index in [0.717, 1.165) is 9.36 Å². The predicted octanol–water partition coefficient (Wildman–Crippen LogP) is 2.14. The Morgan fingerprint density at radius 3 is 2.88 bits per heavy atom. The van der Waals surface area contributed by atoms with E-state index in [1.807, 2.05) is 5.38 Å². The molecule has 24 heavy (non-hydrogen) atoms. The summed E-state index contributed by atoms with van der Waals surface area (Å²) in [5, 5.41) is 13.0. The summed E-state index contributed by atoms with van der Waals surface area (Å²) in [5.41, 5.74) is 0.0865. The molecule has 1 N–H and O–H groups in total. The highest BCUT2D eigenvalue weighted by atomic mass is 35.5.